The summed E-state index contributed by atoms with van der Waals surface area (Å²) in [6.07, 6.45) is -1.02. The van der Waals surface area contributed by atoms with Crippen LogP contribution in [-0.2, 0) is 9.53 Å². The number of hydrogen-bond acceptors (Lipinski definition) is 7. The van der Waals surface area contributed by atoms with E-state index < -0.39 is 18.0 Å². The van der Waals surface area contributed by atoms with Gasteiger partial charge in [0.25, 0.3) is 5.91 Å². The number of esters is 1. The lowest BCUT2D eigenvalue weighted by Gasteiger charge is -2.13. The van der Waals surface area contributed by atoms with Gasteiger partial charge in [-0.25, -0.2) is 4.79 Å². The third kappa shape index (κ3) is 4.03. The summed E-state index contributed by atoms with van der Waals surface area (Å²) >= 11 is 0. The predicted octanol–water partition coefficient (Wildman–Crippen LogP) is 2.18. The predicted molar refractivity (Wildman–Crippen MR) is 84.3 cm³/mol. The summed E-state index contributed by atoms with van der Waals surface area (Å²) in [6.45, 7) is 3.18. The lowest BCUT2D eigenvalue weighted by molar-refractivity contribution is -0.123. The number of anilines is 1. The van der Waals surface area contributed by atoms with E-state index in [1.807, 2.05) is 0 Å². The fourth-order valence-corrected chi connectivity index (χ4v) is 1.89. The first-order chi connectivity index (χ1) is 11.4. The second kappa shape index (κ2) is 7.49. The van der Waals surface area contributed by atoms with Gasteiger partial charge in [0.2, 0.25) is 5.88 Å². The molecule has 0 aliphatic carbocycles. The first-order valence-electron chi connectivity index (χ1n) is 7.11. The Hall–Kier alpha value is -3.03. The summed E-state index contributed by atoms with van der Waals surface area (Å²) < 4.78 is 20.2. The van der Waals surface area contributed by atoms with Gasteiger partial charge in [-0.15, -0.1) is 0 Å². The summed E-state index contributed by atoms with van der Waals surface area (Å²) in [5.74, 6) is -0.124. The van der Waals surface area contributed by atoms with Crippen LogP contribution < -0.4 is 14.8 Å². The maximum absolute atomic E-state index is 12.1. The quantitative estimate of drug-likeness (QED) is 0.808. The van der Waals surface area contributed by atoms with E-state index in [0.717, 1.165) is 0 Å². The summed E-state index contributed by atoms with van der Waals surface area (Å²) in [7, 11) is 2.95. The van der Waals surface area contributed by atoms with Crippen molar-refractivity contribution in [1.82, 2.24) is 5.16 Å². The number of amides is 1. The molecule has 1 heterocycles. The molecule has 0 saturated heterocycles. The number of carbonyl (C=O) groups excluding carboxylic acids is 2. The number of methoxy groups -OCH3 is 2. The molecule has 1 N–H and O–H groups in total. The molecular weight excluding hydrogens is 316 g/mol. The third-order valence-corrected chi connectivity index (χ3v) is 3.15. The fraction of sp³-hybridized carbons (Fsp3) is 0.312. The van der Waals surface area contributed by atoms with Crippen LogP contribution in [0.1, 0.15) is 23.0 Å². The number of aromatic nitrogens is 1. The summed E-state index contributed by atoms with van der Waals surface area (Å²) in [4.78, 5) is 24.1. The highest BCUT2D eigenvalue weighted by Gasteiger charge is 2.21. The van der Waals surface area contributed by atoms with Gasteiger partial charge in [-0.1, -0.05) is 5.16 Å². The Kier molecular flexibility index (Phi) is 5.41. The van der Waals surface area contributed by atoms with Gasteiger partial charge in [0.15, 0.2) is 17.6 Å². The minimum absolute atomic E-state index is 0.187. The number of nitrogens with zero attached hydrogens (tertiary/aromatic N) is 1. The van der Waals surface area contributed by atoms with Crippen molar-refractivity contribution in [2.24, 2.45) is 0 Å². The zero-order chi connectivity index (χ0) is 17.7. The van der Waals surface area contributed by atoms with Crippen LogP contribution in [0.15, 0.2) is 28.8 Å². The van der Waals surface area contributed by atoms with Crippen LogP contribution in [0.4, 0.5) is 5.88 Å². The fourth-order valence-electron chi connectivity index (χ4n) is 1.89. The van der Waals surface area contributed by atoms with Gasteiger partial charge in [0, 0.05) is 6.07 Å². The number of ether oxygens (including phenoxy) is 3. The van der Waals surface area contributed by atoms with Crippen LogP contribution in [-0.4, -0.2) is 37.4 Å². The molecule has 8 nitrogen and oxygen atoms in total. The average Bonchev–Trinajstić information content (AvgIpc) is 2.98. The highest BCUT2D eigenvalue weighted by molar-refractivity contribution is 5.96. The smallest absolute Gasteiger partial charge is 0.339 e. The van der Waals surface area contributed by atoms with Crippen LogP contribution in [0.2, 0.25) is 0 Å². The zero-order valence-corrected chi connectivity index (χ0v) is 13.8. The number of nitrogens with one attached hydrogen (secondary N) is 1. The van der Waals surface area contributed by atoms with Gasteiger partial charge in [0.05, 0.1) is 25.5 Å². The molecule has 8 heteroatoms. The summed E-state index contributed by atoms with van der Waals surface area (Å²) in [5, 5.41) is 6.12. The molecule has 0 aliphatic heterocycles. The van der Waals surface area contributed by atoms with Gasteiger partial charge in [-0.2, -0.15) is 0 Å². The number of carbonyl (C=O) groups is 2. The van der Waals surface area contributed by atoms with Crippen molar-refractivity contribution in [3.8, 4) is 11.5 Å². The highest BCUT2D eigenvalue weighted by Crippen LogP contribution is 2.27. The van der Waals surface area contributed by atoms with Crippen molar-refractivity contribution < 1.29 is 28.3 Å². The Balaban J connectivity index is 2.01. The molecule has 2 rings (SSSR count). The second-order valence-corrected chi connectivity index (χ2v) is 4.94. The summed E-state index contributed by atoms with van der Waals surface area (Å²) in [6, 6.07) is 6.14. The zero-order valence-electron chi connectivity index (χ0n) is 13.8. The number of rotatable bonds is 6. The molecule has 0 saturated carbocycles. The first-order valence-corrected chi connectivity index (χ1v) is 7.11. The molecule has 24 heavy (non-hydrogen) atoms. The molecule has 0 radical (unpaired) electrons. The molecule has 0 aliphatic rings. The molecule has 1 amide bonds. The molecule has 1 atom stereocenters. The van der Waals surface area contributed by atoms with Crippen molar-refractivity contribution in [3.05, 3.63) is 35.5 Å². The maximum atomic E-state index is 12.1. The SMILES string of the molecule is COc1ccc(C(=O)O[C@@H](C)C(=O)Nc2cc(C)no2)cc1OC. The van der Waals surface area contributed by atoms with E-state index in [-0.39, 0.29) is 11.4 Å². The van der Waals surface area contributed by atoms with Crippen molar-refractivity contribution >= 4 is 17.8 Å². The average molecular weight is 334 g/mol. The van der Waals surface area contributed by atoms with E-state index in [1.165, 1.54) is 33.3 Å². The standard InChI is InChI=1S/C16H18N2O6/c1-9-7-14(24-18-9)17-15(19)10(2)23-16(20)11-5-6-12(21-3)13(8-11)22-4/h5-8,10H,1-4H3,(H,17,19)/t10-/m0/s1. The van der Waals surface area contributed by atoms with Crippen molar-refractivity contribution in [3.63, 3.8) is 0 Å². The molecule has 2 aromatic rings. The van der Waals surface area contributed by atoms with E-state index in [4.69, 9.17) is 18.7 Å². The van der Waals surface area contributed by atoms with Crippen molar-refractivity contribution in [1.29, 1.82) is 0 Å². The molecule has 1 aromatic carbocycles. The Bertz CT molecular complexity index is 740. The Morgan fingerprint density at radius 1 is 1.17 bits per heavy atom. The molecule has 0 fully saturated rings. The van der Waals surface area contributed by atoms with Gasteiger partial charge in [0.1, 0.15) is 0 Å². The molecule has 1 aromatic heterocycles. The molecular formula is C16H18N2O6. The molecule has 0 bridgehead atoms. The topological polar surface area (TPSA) is 99.9 Å². The highest BCUT2D eigenvalue weighted by atomic mass is 16.5. The normalized spacial score (nSPS) is 11.5. The van der Waals surface area contributed by atoms with E-state index in [2.05, 4.69) is 10.5 Å². The monoisotopic (exact) mass is 334 g/mol. The number of aryl methyl sites for hydroxylation is 1. The summed E-state index contributed by atoms with van der Waals surface area (Å²) in [5.41, 5.74) is 0.864. The van der Waals surface area contributed by atoms with Crippen LogP contribution >= 0.6 is 0 Å². The van der Waals surface area contributed by atoms with E-state index in [0.29, 0.717) is 17.2 Å². The van der Waals surface area contributed by atoms with Gasteiger partial charge >= 0.3 is 5.97 Å². The van der Waals surface area contributed by atoms with Gasteiger partial charge in [-0.05, 0) is 32.0 Å². The minimum atomic E-state index is -1.02. The van der Waals surface area contributed by atoms with Gasteiger partial charge < -0.3 is 18.7 Å². The van der Waals surface area contributed by atoms with Gasteiger partial charge in [-0.3, -0.25) is 10.1 Å². The maximum Gasteiger partial charge on any atom is 0.339 e. The molecule has 0 spiro atoms. The number of hydrogen-bond donors (Lipinski definition) is 1. The van der Waals surface area contributed by atoms with E-state index in [9.17, 15) is 9.59 Å². The lowest BCUT2D eigenvalue weighted by atomic mass is 10.2. The van der Waals surface area contributed by atoms with Crippen LogP contribution in [0.25, 0.3) is 0 Å². The Morgan fingerprint density at radius 3 is 2.46 bits per heavy atom. The van der Waals surface area contributed by atoms with Crippen molar-refractivity contribution in [2.45, 2.75) is 20.0 Å². The lowest BCUT2D eigenvalue weighted by Crippen LogP contribution is -2.29. The Labute approximate surface area is 138 Å². The van der Waals surface area contributed by atoms with Crippen LogP contribution in [0, 0.1) is 6.92 Å². The minimum Gasteiger partial charge on any atom is -0.493 e. The van der Waals surface area contributed by atoms with Crippen LogP contribution in [0.3, 0.4) is 0 Å². The largest absolute Gasteiger partial charge is 0.493 e. The Morgan fingerprint density at radius 2 is 1.88 bits per heavy atom. The van der Waals surface area contributed by atoms with E-state index in [1.54, 1.807) is 19.1 Å². The van der Waals surface area contributed by atoms with Crippen molar-refractivity contribution in [2.75, 3.05) is 19.5 Å². The number of benzene rings is 1. The van der Waals surface area contributed by atoms with E-state index >= 15 is 0 Å². The first kappa shape index (κ1) is 17.3. The van der Waals surface area contributed by atoms with Crippen LogP contribution in [0.5, 0.6) is 11.5 Å². The second-order valence-electron chi connectivity index (χ2n) is 4.94. The molecule has 0 unspecified atom stereocenters. The molecule has 128 valence electrons. The third-order valence-electron chi connectivity index (χ3n) is 3.15.